The molecule has 2 aromatic carbocycles. The number of carbonyl (C=O) groups excluding carboxylic acids is 2. The molecule has 0 aliphatic heterocycles. The number of benzene rings is 2. The van der Waals surface area contributed by atoms with Crippen molar-refractivity contribution >= 4 is 27.8 Å². The van der Waals surface area contributed by atoms with Gasteiger partial charge in [-0.25, -0.2) is 18.0 Å². The molecule has 35 heavy (non-hydrogen) atoms. The second-order valence-electron chi connectivity index (χ2n) is 9.01. The van der Waals surface area contributed by atoms with E-state index in [1.54, 1.807) is 13.8 Å². The van der Waals surface area contributed by atoms with Gasteiger partial charge in [0.2, 0.25) is 5.91 Å². The van der Waals surface area contributed by atoms with Gasteiger partial charge < -0.3 is 20.5 Å². The van der Waals surface area contributed by atoms with Crippen LogP contribution in [0.4, 0.5) is 4.79 Å². The number of amides is 2. The highest BCUT2D eigenvalue weighted by Gasteiger charge is 2.31. The van der Waals surface area contributed by atoms with Crippen molar-refractivity contribution in [2.24, 2.45) is 5.92 Å². The van der Waals surface area contributed by atoms with Crippen LogP contribution in [-0.2, 0) is 24.2 Å². The Morgan fingerprint density at radius 2 is 1.51 bits per heavy atom. The van der Waals surface area contributed by atoms with E-state index in [1.165, 1.54) is 0 Å². The third kappa shape index (κ3) is 6.60. The number of carbonyl (C=O) groups is 3. The lowest BCUT2D eigenvalue weighted by Crippen LogP contribution is -2.53. The molecule has 1 unspecified atom stereocenters. The van der Waals surface area contributed by atoms with Crippen LogP contribution >= 0.6 is 0 Å². The molecule has 10 heteroatoms. The van der Waals surface area contributed by atoms with Gasteiger partial charge in [-0.05, 0) is 34.6 Å². The number of sulfone groups is 1. The molecular formula is C25H30N2O7S. The van der Waals surface area contributed by atoms with Crippen LogP contribution in [-0.4, -0.2) is 62.2 Å². The zero-order chi connectivity index (χ0) is 25.8. The summed E-state index contributed by atoms with van der Waals surface area (Å²) in [4.78, 5) is 36.9. The first-order valence-corrected chi connectivity index (χ1v) is 13.4. The fourth-order valence-electron chi connectivity index (χ4n) is 4.15. The van der Waals surface area contributed by atoms with Crippen LogP contribution in [0, 0.1) is 5.92 Å². The van der Waals surface area contributed by atoms with E-state index in [1.807, 2.05) is 48.5 Å². The van der Waals surface area contributed by atoms with E-state index in [9.17, 15) is 27.9 Å². The van der Waals surface area contributed by atoms with Crippen molar-refractivity contribution in [3.8, 4) is 11.1 Å². The molecule has 0 saturated heterocycles. The Bertz CT molecular complexity index is 1160. The number of aliphatic carboxylic acids is 1. The summed E-state index contributed by atoms with van der Waals surface area (Å²) < 4.78 is 28.7. The quantitative estimate of drug-likeness (QED) is 0.454. The van der Waals surface area contributed by atoms with Crippen molar-refractivity contribution in [2.45, 2.75) is 38.3 Å². The van der Waals surface area contributed by atoms with Crippen molar-refractivity contribution in [2.75, 3.05) is 18.6 Å². The number of rotatable bonds is 10. The summed E-state index contributed by atoms with van der Waals surface area (Å²) >= 11 is 0. The minimum atomic E-state index is -3.43. The van der Waals surface area contributed by atoms with Gasteiger partial charge in [-0.3, -0.25) is 4.79 Å². The first-order valence-electron chi connectivity index (χ1n) is 11.3. The van der Waals surface area contributed by atoms with E-state index in [-0.39, 0.29) is 24.7 Å². The topological polar surface area (TPSA) is 139 Å². The number of hydrogen-bond donors (Lipinski definition) is 3. The Balaban J connectivity index is 1.70. The molecule has 0 fully saturated rings. The lowest BCUT2D eigenvalue weighted by Gasteiger charge is -2.23. The predicted molar refractivity (Wildman–Crippen MR) is 131 cm³/mol. The summed E-state index contributed by atoms with van der Waals surface area (Å²) in [5, 5.41) is 14.1. The Kier molecular flexibility index (Phi) is 8.16. The van der Waals surface area contributed by atoms with E-state index < -0.39 is 45.8 Å². The largest absolute Gasteiger partial charge is 0.480 e. The predicted octanol–water partition coefficient (Wildman–Crippen LogP) is 2.55. The Morgan fingerprint density at radius 3 is 2.00 bits per heavy atom. The SMILES string of the molecule is CC(C)[C@H](NC(=O)C(CCS(C)(=O)=O)NC(=O)OCC1c2ccccc2-c2ccccc21)C(=O)O. The number of alkyl carbamates (subject to hydrolysis) is 1. The first-order chi connectivity index (χ1) is 16.5. The molecule has 9 nitrogen and oxygen atoms in total. The van der Waals surface area contributed by atoms with Crippen LogP contribution in [0.25, 0.3) is 11.1 Å². The van der Waals surface area contributed by atoms with Gasteiger partial charge in [0.1, 0.15) is 28.5 Å². The highest BCUT2D eigenvalue weighted by Crippen LogP contribution is 2.44. The Morgan fingerprint density at radius 1 is 0.971 bits per heavy atom. The van der Waals surface area contributed by atoms with Crippen molar-refractivity contribution in [1.29, 1.82) is 0 Å². The van der Waals surface area contributed by atoms with E-state index >= 15 is 0 Å². The van der Waals surface area contributed by atoms with E-state index in [2.05, 4.69) is 10.6 Å². The summed E-state index contributed by atoms with van der Waals surface area (Å²) in [5.74, 6) is -2.98. The van der Waals surface area contributed by atoms with E-state index in [4.69, 9.17) is 4.74 Å². The molecule has 0 bridgehead atoms. The van der Waals surface area contributed by atoms with Gasteiger partial charge >= 0.3 is 12.1 Å². The summed E-state index contributed by atoms with van der Waals surface area (Å²) in [6.07, 6.45) is -0.0973. The maximum atomic E-state index is 12.8. The standard InChI is InChI=1S/C25H30N2O7S/c1-15(2)22(24(29)30)27-23(28)21(12-13-35(3,32)33)26-25(31)34-14-20-18-10-6-4-8-16(18)17-9-5-7-11-19(17)20/h4-11,15,20-22H,12-14H2,1-3H3,(H,26,31)(H,27,28)(H,29,30)/t21?,22-/m0/s1. The molecule has 188 valence electrons. The van der Waals surface area contributed by atoms with Gasteiger partial charge in [0.15, 0.2) is 0 Å². The molecule has 2 amide bonds. The minimum Gasteiger partial charge on any atom is -0.480 e. The highest BCUT2D eigenvalue weighted by atomic mass is 32.2. The molecule has 0 saturated carbocycles. The number of carboxylic acids is 1. The minimum absolute atomic E-state index is 0.0179. The van der Waals surface area contributed by atoms with Gasteiger partial charge in [-0.1, -0.05) is 62.4 Å². The summed E-state index contributed by atoms with van der Waals surface area (Å²) in [6.45, 7) is 3.27. The second-order valence-corrected chi connectivity index (χ2v) is 11.3. The van der Waals surface area contributed by atoms with E-state index in [0.717, 1.165) is 28.5 Å². The Labute approximate surface area is 204 Å². The lowest BCUT2D eigenvalue weighted by molar-refractivity contribution is -0.143. The summed E-state index contributed by atoms with van der Waals surface area (Å²) in [5.41, 5.74) is 4.18. The first kappa shape index (κ1) is 26.2. The highest BCUT2D eigenvalue weighted by molar-refractivity contribution is 7.90. The van der Waals surface area contributed by atoms with Gasteiger partial charge in [0, 0.05) is 12.2 Å². The third-order valence-electron chi connectivity index (χ3n) is 5.96. The normalized spacial score (nSPS) is 14.5. The van der Waals surface area contributed by atoms with Crippen molar-refractivity contribution < 1.29 is 32.6 Å². The average Bonchev–Trinajstić information content (AvgIpc) is 3.11. The van der Waals surface area contributed by atoms with Crippen molar-refractivity contribution in [3.05, 3.63) is 59.7 Å². The molecule has 3 N–H and O–H groups in total. The van der Waals surface area contributed by atoms with Crippen molar-refractivity contribution in [3.63, 3.8) is 0 Å². The maximum Gasteiger partial charge on any atom is 0.407 e. The summed E-state index contributed by atoms with van der Waals surface area (Å²) in [7, 11) is -3.43. The monoisotopic (exact) mass is 502 g/mol. The molecular weight excluding hydrogens is 472 g/mol. The molecule has 0 aromatic heterocycles. The Hall–Kier alpha value is -3.40. The molecule has 0 heterocycles. The molecule has 0 radical (unpaired) electrons. The second kappa shape index (κ2) is 10.9. The number of hydrogen-bond acceptors (Lipinski definition) is 6. The molecule has 2 atom stereocenters. The smallest absolute Gasteiger partial charge is 0.407 e. The molecule has 3 rings (SSSR count). The van der Waals surface area contributed by atoms with Crippen LogP contribution in [0.5, 0.6) is 0 Å². The molecule has 2 aromatic rings. The zero-order valence-corrected chi connectivity index (χ0v) is 20.7. The number of fused-ring (bicyclic) bond motifs is 3. The lowest BCUT2D eigenvalue weighted by atomic mass is 9.98. The fourth-order valence-corrected chi connectivity index (χ4v) is 4.81. The van der Waals surface area contributed by atoms with Gasteiger partial charge in [0.25, 0.3) is 0 Å². The number of carboxylic acid groups (broad SMARTS) is 1. The van der Waals surface area contributed by atoms with Crippen LogP contribution in [0.1, 0.15) is 37.3 Å². The third-order valence-corrected chi connectivity index (χ3v) is 6.94. The zero-order valence-electron chi connectivity index (χ0n) is 19.9. The van der Waals surface area contributed by atoms with Gasteiger partial charge in [-0.15, -0.1) is 0 Å². The van der Waals surface area contributed by atoms with Crippen LogP contribution in [0.15, 0.2) is 48.5 Å². The summed E-state index contributed by atoms with van der Waals surface area (Å²) in [6, 6.07) is 13.2. The fraction of sp³-hybridized carbons (Fsp3) is 0.400. The maximum absolute atomic E-state index is 12.8. The number of nitrogens with one attached hydrogen (secondary N) is 2. The van der Waals surface area contributed by atoms with Gasteiger partial charge in [-0.2, -0.15) is 0 Å². The van der Waals surface area contributed by atoms with Crippen LogP contribution < -0.4 is 10.6 Å². The van der Waals surface area contributed by atoms with Gasteiger partial charge in [0.05, 0.1) is 5.75 Å². The molecule has 1 aliphatic rings. The van der Waals surface area contributed by atoms with Crippen LogP contribution in [0.2, 0.25) is 0 Å². The molecule has 0 spiro atoms. The number of ether oxygens (including phenoxy) is 1. The molecule has 1 aliphatic carbocycles. The van der Waals surface area contributed by atoms with E-state index in [0.29, 0.717) is 0 Å². The average molecular weight is 503 g/mol. The van der Waals surface area contributed by atoms with Crippen molar-refractivity contribution in [1.82, 2.24) is 10.6 Å². The van der Waals surface area contributed by atoms with Crippen LogP contribution in [0.3, 0.4) is 0 Å².